The molecule has 0 spiro atoms. The van der Waals surface area contributed by atoms with Gasteiger partial charge >= 0.3 is 0 Å². The molecule has 1 aliphatic heterocycles. The van der Waals surface area contributed by atoms with Crippen molar-refractivity contribution in [1.29, 1.82) is 0 Å². The highest BCUT2D eigenvalue weighted by Gasteiger charge is 2.34. The Balaban J connectivity index is 2.50. The third-order valence-electron chi connectivity index (χ3n) is 3.14. The number of hydrogen-bond donors (Lipinski definition) is 0. The second-order valence-electron chi connectivity index (χ2n) is 4.30. The van der Waals surface area contributed by atoms with Gasteiger partial charge in [-0.3, -0.25) is 0 Å². The minimum absolute atomic E-state index is 0.489. The van der Waals surface area contributed by atoms with E-state index in [1.54, 1.807) is 0 Å². The van der Waals surface area contributed by atoms with E-state index in [4.69, 9.17) is 6.42 Å². The average molecular weight is 178 g/mol. The van der Waals surface area contributed by atoms with E-state index in [1.807, 2.05) is 0 Å². The Labute approximate surface area is 82.5 Å². The first-order valence-corrected chi connectivity index (χ1v) is 5.14. The van der Waals surface area contributed by atoms with Gasteiger partial charge in [-0.15, -0.1) is 12.3 Å². The van der Waals surface area contributed by atoms with Gasteiger partial charge in [-0.1, -0.05) is 13.3 Å². The van der Waals surface area contributed by atoms with Crippen molar-refractivity contribution >= 4 is 0 Å². The lowest BCUT2D eigenvalue weighted by atomic mass is 9.78. The molecule has 0 aromatic heterocycles. The molecule has 1 atom stereocenters. The number of rotatable bonds is 4. The smallest absolute Gasteiger partial charge is 0.00918 e. The highest BCUT2D eigenvalue weighted by molar-refractivity contribution is 4.93. The molecule has 1 unspecified atom stereocenters. The van der Waals surface area contributed by atoms with Gasteiger partial charge in [-0.2, -0.15) is 0 Å². The van der Waals surface area contributed by atoms with Crippen LogP contribution in [-0.2, 0) is 0 Å². The summed E-state index contributed by atoms with van der Waals surface area (Å²) in [6.45, 7) is 6.40. The van der Waals surface area contributed by atoms with Crippen molar-refractivity contribution in [3.05, 3.63) is 6.92 Å². The molecule has 1 nitrogen and oxygen atoms in total. The van der Waals surface area contributed by atoms with E-state index in [-0.39, 0.29) is 0 Å². The largest absolute Gasteiger partial charge is 0.306 e. The van der Waals surface area contributed by atoms with Crippen molar-refractivity contribution in [2.45, 2.75) is 32.1 Å². The van der Waals surface area contributed by atoms with Gasteiger partial charge in [-0.25, -0.2) is 0 Å². The van der Waals surface area contributed by atoms with Crippen molar-refractivity contribution in [3.63, 3.8) is 0 Å². The van der Waals surface area contributed by atoms with E-state index >= 15 is 0 Å². The molecule has 1 saturated heterocycles. The predicted molar refractivity (Wildman–Crippen MR) is 57.2 cm³/mol. The van der Waals surface area contributed by atoms with Crippen molar-refractivity contribution in [1.82, 2.24) is 4.90 Å². The van der Waals surface area contributed by atoms with Crippen LogP contribution in [0.15, 0.2) is 0 Å². The van der Waals surface area contributed by atoms with Crippen LogP contribution in [0.2, 0.25) is 0 Å². The molecule has 13 heavy (non-hydrogen) atoms. The van der Waals surface area contributed by atoms with Crippen LogP contribution in [0.3, 0.4) is 0 Å². The molecule has 1 heteroatoms. The first-order valence-electron chi connectivity index (χ1n) is 5.14. The second-order valence-corrected chi connectivity index (χ2v) is 4.30. The number of hydrogen-bond acceptors (Lipinski definition) is 1. The molecule has 0 aromatic rings. The van der Waals surface area contributed by atoms with Gasteiger partial charge in [0.1, 0.15) is 0 Å². The van der Waals surface area contributed by atoms with Crippen molar-refractivity contribution < 1.29 is 0 Å². The van der Waals surface area contributed by atoms with Gasteiger partial charge < -0.3 is 4.90 Å². The monoisotopic (exact) mass is 178 g/mol. The number of nitrogens with zero attached hydrogens (tertiary/aromatic N) is 1. The minimum Gasteiger partial charge on any atom is -0.306 e. The Bertz CT molecular complexity index is 188. The summed E-state index contributed by atoms with van der Waals surface area (Å²) in [6.07, 6.45) is 11.0. The van der Waals surface area contributed by atoms with E-state index < -0.39 is 0 Å². The Morgan fingerprint density at radius 3 is 2.77 bits per heavy atom. The summed E-state index contributed by atoms with van der Waals surface area (Å²) in [6, 6.07) is 0. The number of terminal acetylenes is 1. The maximum atomic E-state index is 5.32. The van der Waals surface area contributed by atoms with Crippen LogP contribution >= 0.6 is 0 Å². The fourth-order valence-corrected chi connectivity index (χ4v) is 2.40. The Morgan fingerprint density at radius 1 is 1.54 bits per heavy atom. The molecule has 0 aromatic carbocycles. The molecule has 0 saturated carbocycles. The molecule has 73 valence electrons. The standard InChI is InChI=1S/C12H20N/c1-4-6-8-12(7-5-2)9-10-13(3)11-12/h1H,2,5-11H2,3H3. The quantitative estimate of drug-likeness (QED) is 0.597. The molecule has 0 amide bonds. The first kappa shape index (κ1) is 10.6. The molecule has 0 bridgehead atoms. The van der Waals surface area contributed by atoms with Gasteiger partial charge in [0.2, 0.25) is 0 Å². The van der Waals surface area contributed by atoms with Gasteiger partial charge in [0.05, 0.1) is 0 Å². The summed E-state index contributed by atoms with van der Waals surface area (Å²) in [5, 5.41) is 0. The fraction of sp³-hybridized carbons (Fsp3) is 0.750. The molecule has 0 N–H and O–H groups in total. The molecule has 1 rings (SSSR count). The van der Waals surface area contributed by atoms with E-state index in [0.717, 1.165) is 12.8 Å². The fourth-order valence-electron chi connectivity index (χ4n) is 2.40. The highest BCUT2D eigenvalue weighted by atomic mass is 15.1. The molecule has 1 radical (unpaired) electrons. The zero-order valence-electron chi connectivity index (χ0n) is 8.68. The summed E-state index contributed by atoms with van der Waals surface area (Å²) in [4.78, 5) is 2.41. The molecular weight excluding hydrogens is 158 g/mol. The molecule has 1 fully saturated rings. The van der Waals surface area contributed by atoms with Gasteiger partial charge in [-0.05, 0) is 38.3 Å². The molecule has 1 heterocycles. The van der Waals surface area contributed by atoms with Crippen molar-refractivity contribution in [2.75, 3.05) is 20.1 Å². The topological polar surface area (TPSA) is 3.24 Å². The summed E-state index contributed by atoms with van der Waals surface area (Å²) in [5.74, 6) is 2.75. The van der Waals surface area contributed by atoms with Crippen molar-refractivity contribution in [3.8, 4) is 12.3 Å². The third-order valence-corrected chi connectivity index (χ3v) is 3.14. The Hall–Kier alpha value is -0.480. The van der Waals surface area contributed by atoms with Crippen LogP contribution in [0.5, 0.6) is 0 Å². The predicted octanol–water partition coefficient (Wildman–Crippen LogP) is 2.34. The summed E-state index contributed by atoms with van der Waals surface area (Å²) in [5.41, 5.74) is 0.489. The van der Waals surface area contributed by atoms with Crippen LogP contribution in [0.25, 0.3) is 0 Å². The van der Waals surface area contributed by atoms with E-state index in [1.165, 1.54) is 32.4 Å². The van der Waals surface area contributed by atoms with Crippen LogP contribution in [0, 0.1) is 24.7 Å². The number of likely N-dealkylation sites (tertiary alicyclic amines) is 1. The maximum absolute atomic E-state index is 5.32. The minimum atomic E-state index is 0.489. The summed E-state index contributed by atoms with van der Waals surface area (Å²) >= 11 is 0. The molecule has 0 aliphatic carbocycles. The van der Waals surface area contributed by atoms with Crippen LogP contribution in [0.4, 0.5) is 0 Å². The lowest BCUT2D eigenvalue weighted by Gasteiger charge is -2.27. The van der Waals surface area contributed by atoms with E-state index in [0.29, 0.717) is 5.41 Å². The highest BCUT2D eigenvalue weighted by Crippen LogP contribution is 2.38. The van der Waals surface area contributed by atoms with Gasteiger partial charge in [0, 0.05) is 13.0 Å². The zero-order chi connectivity index (χ0) is 9.73. The first-order chi connectivity index (χ1) is 6.22. The third kappa shape index (κ3) is 2.74. The molecular formula is C12H20N. The van der Waals surface area contributed by atoms with Crippen LogP contribution in [0.1, 0.15) is 32.1 Å². The molecule has 1 aliphatic rings. The van der Waals surface area contributed by atoms with E-state index in [2.05, 4.69) is 24.8 Å². The SMILES string of the molecule is C#CCCC1(CC[CH2])CCN(C)C1. The Kier molecular flexibility index (Phi) is 3.81. The normalized spacial score (nSPS) is 29.0. The zero-order valence-corrected chi connectivity index (χ0v) is 8.68. The summed E-state index contributed by atoms with van der Waals surface area (Å²) < 4.78 is 0. The van der Waals surface area contributed by atoms with Crippen LogP contribution in [-0.4, -0.2) is 25.0 Å². The van der Waals surface area contributed by atoms with E-state index in [9.17, 15) is 0 Å². The van der Waals surface area contributed by atoms with Crippen molar-refractivity contribution in [2.24, 2.45) is 5.41 Å². The van der Waals surface area contributed by atoms with Gasteiger partial charge in [0.25, 0.3) is 0 Å². The van der Waals surface area contributed by atoms with Crippen LogP contribution < -0.4 is 0 Å². The summed E-state index contributed by atoms with van der Waals surface area (Å²) in [7, 11) is 2.20. The lowest BCUT2D eigenvalue weighted by molar-refractivity contribution is 0.245. The average Bonchev–Trinajstić information content (AvgIpc) is 2.46. The maximum Gasteiger partial charge on any atom is 0.00918 e. The van der Waals surface area contributed by atoms with Gasteiger partial charge in [0.15, 0.2) is 0 Å². The second kappa shape index (κ2) is 4.67. The Morgan fingerprint density at radius 2 is 2.31 bits per heavy atom. The lowest BCUT2D eigenvalue weighted by Crippen LogP contribution is -2.24.